The number of halogens is 5. The highest BCUT2D eigenvalue weighted by Gasteiger charge is 2.40. The number of alkyl halides is 3. The van der Waals surface area contributed by atoms with E-state index in [0.29, 0.717) is 31.0 Å². The van der Waals surface area contributed by atoms with Crippen molar-refractivity contribution in [2.24, 2.45) is 11.1 Å². The van der Waals surface area contributed by atoms with E-state index in [4.69, 9.17) is 5.73 Å². The lowest BCUT2D eigenvalue weighted by molar-refractivity contribution is -0.137. The Morgan fingerprint density at radius 2 is 1.86 bits per heavy atom. The number of carbonyl (C=O) groups is 1. The largest absolute Gasteiger partial charge is 0.416 e. The van der Waals surface area contributed by atoms with Crippen LogP contribution in [0.1, 0.15) is 31.2 Å². The molecule has 1 aliphatic rings. The molecule has 1 aromatic carbocycles. The zero-order chi connectivity index (χ0) is 15.7. The van der Waals surface area contributed by atoms with Crippen molar-refractivity contribution in [3.8, 4) is 0 Å². The summed E-state index contributed by atoms with van der Waals surface area (Å²) in [6, 6.07) is 1.94. The highest BCUT2D eigenvalue weighted by atomic mass is 35.5. The third-order valence-electron chi connectivity index (χ3n) is 3.97. The summed E-state index contributed by atoms with van der Waals surface area (Å²) in [5.74, 6) is -1.41. The summed E-state index contributed by atoms with van der Waals surface area (Å²) in [4.78, 5) is 12.2. The van der Waals surface area contributed by atoms with Crippen LogP contribution in [-0.2, 0) is 11.0 Å². The molecule has 0 atom stereocenters. The average molecular weight is 341 g/mol. The zero-order valence-corrected chi connectivity index (χ0v) is 12.5. The molecule has 0 aliphatic heterocycles. The van der Waals surface area contributed by atoms with Crippen LogP contribution in [0.5, 0.6) is 0 Å². The van der Waals surface area contributed by atoms with Gasteiger partial charge in [0.15, 0.2) is 0 Å². The first-order chi connectivity index (χ1) is 9.78. The predicted molar refractivity (Wildman–Crippen MR) is 77.2 cm³/mol. The molecular weight excluding hydrogens is 324 g/mol. The molecule has 1 saturated carbocycles. The molecule has 1 fully saturated rings. The summed E-state index contributed by atoms with van der Waals surface area (Å²) in [7, 11) is 0. The first-order valence-corrected chi connectivity index (χ1v) is 6.67. The molecule has 124 valence electrons. The maximum atomic E-state index is 13.6. The number of hydrogen-bond acceptors (Lipinski definition) is 2. The van der Waals surface area contributed by atoms with E-state index in [0.717, 1.165) is 12.8 Å². The first kappa shape index (κ1) is 18.7. The van der Waals surface area contributed by atoms with E-state index in [9.17, 15) is 22.4 Å². The Labute approximate surface area is 131 Å². The summed E-state index contributed by atoms with van der Waals surface area (Å²) in [5, 5.41) is 2.26. The minimum absolute atomic E-state index is 0. The lowest BCUT2D eigenvalue weighted by atomic mass is 9.85. The second kappa shape index (κ2) is 6.83. The number of carbonyl (C=O) groups excluding carboxylic acids is 1. The summed E-state index contributed by atoms with van der Waals surface area (Å²) in [6.45, 7) is 0.0966. The van der Waals surface area contributed by atoms with Crippen LogP contribution in [-0.4, -0.2) is 12.5 Å². The molecule has 3 N–H and O–H groups in total. The van der Waals surface area contributed by atoms with Crippen LogP contribution >= 0.6 is 12.4 Å². The third-order valence-corrected chi connectivity index (χ3v) is 3.97. The van der Waals surface area contributed by atoms with Gasteiger partial charge in [0.1, 0.15) is 5.82 Å². The van der Waals surface area contributed by atoms with E-state index in [2.05, 4.69) is 5.32 Å². The van der Waals surface area contributed by atoms with Gasteiger partial charge in [-0.1, -0.05) is 12.8 Å². The lowest BCUT2D eigenvalue weighted by Gasteiger charge is -2.26. The average Bonchev–Trinajstić information content (AvgIpc) is 2.90. The highest BCUT2D eigenvalue weighted by Crippen LogP contribution is 2.39. The van der Waals surface area contributed by atoms with Crippen LogP contribution in [0.3, 0.4) is 0 Å². The van der Waals surface area contributed by atoms with E-state index in [1.807, 2.05) is 0 Å². The maximum absolute atomic E-state index is 13.6. The van der Waals surface area contributed by atoms with Gasteiger partial charge in [-0.3, -0.25) is 4.79 Å². The van der Waals surface area contributed by atoms with E-state index >= 15 is 0 Å². The minimum Gasteiger partial charge on any atom is -0.329 e. The van der Waals surface area contributed by atoms with Crippen molar-refractivity contribution in [2.45, 2.75) is 31.9 Å². The maximum Gasteiger partial charge on any atom is 0.416 e. The van der Waals surface area contributed by atoms with Crippen LogP contribution in [0.2, 0.25) is 0 Å². The normalized spacial score (nSPS) is 17.0. The zero-order valence-electron chi connectivity index (χ0n) is 11.7. The standard InChI is InChI=1S/C14H16F4N2O.ClH/c15-10-4-3-9(14(16,17)18)7-11(10)20-12(21)13(8-19)5-1-2-6-13;/h3-4,7H,1-2,5-6,8,19H2,(H,20,21);1H. The fourth-order valence-electron chi connectivity index (χ4n) is 2.63. The van der Waals surface area contributed by atoms with Crippen LogP contribution in [0.25, 0.3) is 0 Å². The third kappa shape index (κ3) is 3.70. The summed E-state index contributed by atoms with van der Waals surface area (Å²) in [5.41, 5.74) is 3.35. The number of rotatable bonds is 3. The quantitative estimate of drug-likeness (QED) is 0.824. The molecule has 1 amide bonds. The Hall–Kier alpha value is -1.34. The molecule has 0 aromatic heterocycles. The molecule has 22 heavy (non-hydrogen) atoms. The molecule has 1 aromatic rings. The summed E-state index contributed by atoms with van der Waals surface area (Å²) >= 11 is 0. The number of nitrogens with two attached hydrogens (primary N) is 1. The van der Waals surface area contributed by atoms with Crippen molar-refractivity contribution < 1.29 is 22.4 Å². The Morgan fingerprint density at radius 1 is 1.27 bits per heavy atom. The Balaban J connectivity index is 0.00000242. The molecular formula is C14H17ClF4N2O. The van der Waals surface area contributed by atoms with Gasteiger partial charge >= 0.3 is 6.18 Å². The topological polar surface area (TPSA) is 55.1 Å². The Bertz CT molecular complexity index is 542. The van der Waals surface area contributed by atoms with Gasteiger partial charge in [0.25, 0.3) is 0 Å². The molecule has 0 unspecified atom stereocenters. The molecule has 3 nitrogen and oxygen atoms in total. The number of anilines is 1. The number of amides is 1. The molecule has 8 heteroatoms. The van der Waals surface area contributed by atoms with Gasteiger partial charge in [0.2, 0.25) is 5.91 Å². The van der Waals surface area contributed by atoms with Gasteiger partial charge in [-0.15, -0.1) is 12.4 Å². The number of benzene rings is 1. The van der Waals surface area contributed by atoms with Crippen molar-refractivity contribution in [3.63, 3.8) is 0 Å². The van der Waals surface area contributed by atoms with Crippen LogP contribution in [0, 0.1) is 11.2 Å². The smallest absolute Gasteiger partial charge is 0.329 e. The van der Waals surface area contributed by atoms with Crippen molar-refractivity contribution in [2.75, 3.05) is 11.9 Å². The van der Waals surface area contributed by atoms with Gasteiger partial charge in [0, 0.05) is 6.54 Å². The second-order valence-corrected chi connectivity index (χ2v) is 5.34. The fourth-order valence-corrected chi connectivity index (χ4v) is 2.63. The molecule has 0 heterocycles. The minimum atomic E-state index is -4.59. The molecule has 0 spiro atoms. The Morgan fingerprint density at radius 3 is 2.36 bits per heavy atom. The number of nitrogens with one attached hydrogen (secondary N) is 1. The van der Waals surface area contributed by atoms with E-state index in [-0.39, 0.29) is 19.0 Å². The van der Waals surface area contributed by atoms with Crippen molar-refractivity contribution in [3.05, 3.63) is 29.6 Å². The summed E-state index contributed by atoms with van der Waals surface area (Å²) in [6.07, 6.45) is -1.80. The van der Waals surface area contributed by atoms with Gasteiger partial charge in [-0.25, -0.2) is 4.39 Å². The second-order valence-electron chi connectivity index (χ2n) is 5.34. The SMILES string of the molecule is Cl.NCC1(C(=O)Nc2cc(C(F)(F)F)ccc2F)CCCC1. The molecule has 0 saturated heterocycles. The van der Waals surface area contributed by atoms with Crippen molar-refractivity contribution in [1.82, 2.24) is 0 Å². The van der Waals surface area contributed by atoms with E-state index in [1.165, 1.54) is 0 Å². The van der Waals surface area contributed by atoms with Crippen LogP contribution in [0.15, 0.2) is 18.2 Å². The molecule has 2 rings (SSSR count). The van der Waals surface area contributed by atoms with Crippen LogP contribution in [0.4, 0.5) is 23.2 Å². The molecule has 1 aliphatic carbocycles. The van der Waals surface area contributed by atoms with Crippen molar-refractivity contribution in [1.29, 1.82) is 0 Å². The predicted octanol–water partition coefficient (Wildman–Crippen LogP) is 3.72. The van der Waals surface area contributed by atoms with Crippen LogP contribution < -0.4 is 11.1 Å². The number of hydrogen-bond donors (Lipinski definition) is 2. The van der Waals surface area contributed by atoms with Gasteiger partial charge in [-0.2, -0.15) is 13.2 Å². The highest BCUT2D eigenvalue weighted by molar-refractivity contribution is 5.95. The van der Waals surface area contributed by atoms with E-state index < -0.39 is 34.6 Å². The van der Waals surface area contributed by atoms with Gasteiger partial charge in [0.05, 0.1) is 16.7 Å². The monoisotopic (exact) mass is 340 g/mol. The van der Waals surface area contributed by atoms with Gasteiger partial charge in [-0.05, 0) is 31.0 Å². The van der Waals surface area contributed by atoms with Crippen molar-refractivity contribution >= 4 is 24.0 Å². The van der Waals surface area contributed by atoms with Gasteiger partial charge < -0.3 is 11.1 Å². The molecule has 0 radical (unpaired) electrons. The van der Waals surface area contributed by atoms with E-state index in [1.54, 1.807) is 0 Å². The molecule has 0 bridgehead atoms. The Kier molecular flexibility index (Phi) is 5.81. The first-order valence-electron chi connectivity index (χ1n) is 6.67. The summed E-state index contributed by atoms with van der Waals surface area (Å²) < 4.78 is 51.5. The lowest BCUT2D eigenvalue weighted by Crippen LogP contribution is -2.40. The fraction of sp³-hybridized carbons (Fsp3) is 0.500.